The molecule has 1 heterocycles. The second-order valence-corrected chi connectivity index (χ2v) is 5.31. The minimum absolute atomic E-state index is 0.219. The van der Waals surface area contributed by atoms with Gasteiger partial charge in [-0.15, -0.1) is 0 Å². The Morgan fingerprint density at radius 2 is 1.94 bits per heavy atom. The van der Waals surface area contributed by atoms with Gasteiger partial charge in [-0.2, -0.15) is 5.10 Å². The Kier molecular flexibility index (Phi) is 4.81. The first-order valence-electron chi connectivity index (χ1n) is 5.84. The first-order valence-corrected chi connectivity index (χ1v) is 6.22. The van der Waals surface area contributed by atoms with Crippen molar-refractivity contribution >= 4 is 11.6 Å². The van der Waals surface area contributed by atoms with Crippen LogP contribution in [0.2, 0.25) is 5.02 Å². The van der Waals surface area contributed by atoms with Crippen LogP contribution in [0.4, 0.5) is 0 Å². The number of nitrogens with zero attached hydrogens (tertiary/aromatic N) is 2. The van der Waals surface area contributed by atoms with Crippen LogP contribution >= 0.6 is 11.6 Å². The lowest BCUT2D eigenvalue weighted by Gasteiger charge is -2.17. The van der Waals surface area contributed by atoms with Crippen LogP contribution in [0.15, 0.2) is 6.20 Å². The van der Waals surface area contributed by atoms with Crippen molar-refractivity contribution in [3.8, 4) is 0 Å². The predicted molar refractivity (Wildman–Crippen MR) is 66.7 cm³/mol. The van der Waals surface area contributed by atoms with Crippen molar-refractivity contribution in [2.45, 2.75) is 52.7 Å². The van der Waals surface area contributed by atoms with E-state index in [1.165, 1.54) is 0 Å². The van der Waals surface area contributed by atoms with Crippen LogP contribution in [0.5, 0.6) is 0 Å². The van der Waals surface area contributed by atoms with Crippen molar-refractivity contribution in [3.05, 3.63) is 16.9 Å². The van der Waals surface area contributed by atoms with E-state index in [0.717, 1.165) is 18.5 Å². The fraction of sp³-hybridized carbons (Fsp3) is 0.750. The van der Waals surface area contributed by atoms with Gasteiger partial charge in [-0.25, -0.2) is 0 Å². The maximum absolute atomic E-state index is 10.1. The van der Waals surface area contributed by atoms with Gasteiger partial charge in [0.05, 0.1) is 23.0 Å². The number of rotatable bonds is 5. The Hall–Kier alpha value is -0.540. The van der Waals surface area contributed by atoms with Gasteiger partial charge in [0.25, 0.3) is 0 Å². The average molecular weight is 245 g/mol. The zero-order valence-electron chi connectivity index (χ0n) is 10.4. The number of halogens is 1. The van der Waals surface area contributed by atoms with E-state index in [1.54, 1.807) is 10.9 Å². The summed E-state index contributed by atoms with van der Waals surface area (Å²) in [5.41, 5.74) is 0.748. The first-order chi connectivity index (χ1) is 7.43. The zero-order chi connectivity index (χ0) is 12.3. The summed E-state index contributed by atoms with van der Waals surface area (Å²) in [6.07, 6.45) is 2.81. The standard InChI is InChI=1S/C12H21ClN2O/c1-8(2)5-6-11(16)12-10(13)7-14-15(12)9(3)4/h7-9,11,16H,5-6H2,1-4H3. The molecule has 0 spiro atoms. The number of hydrogen-bond acceptors (Lipinski definition) is 2. The molecule has 4 heteroatoms. The Morgan fingerprint density at radius 1 is 1.31 bits per heavy atom. The van der Waals surface area contributed by atoms with Crippen LogP contribution in [-0.2, 0) is 0 Å². The molecule has 0 aromatic carbocycles. The molecule has 1 N–H and O–H groups in total. The SMILES string of the molecule is CC(C)CCC(O)c1c(Cl)cnn1C(C)C. The van der Waals surface area contributed by atoms with Crippen molar-refractivity contribution < 1.29 is 5.11 Å². The lowest BCUT2D eigenvalue weighted by molar-refractivity contribution is 0.146. The second-order valence-electron chi connectivity index (χ2n) is 4.90. The molecule has 1 aromatic rings. The maximum atomic E-state index is 10.1. The lowest BCUT2D eigenvalue weighted by Crippen LogP contribution is -2.12. The van der Waals surface area contributed by atoms with Gasteiger partial charge in [-0.05, 0) is 32.6 Å². The molecule has 1 atom stereocenters. The van der Waals surface area contributed by atoms with Gasteiger partial charge in [0.1, 0.15) is 0 Å². The van der Waals surface area contributed by atoms with E-state index >= 15 is 0 Å². The van der Waals surface area contributed by atoms with Gasteiger partial charge in [0.2, 0.25) is 0 Å². The molecule has 1 unspecified atom stereocenters. The third kappa shape index (κ3) is 3.22. The largest absolute Gasteiger partial charge is 0.387 e. The van der Waals surface area contributed by atoms with Gasteiger partial charge < -0.3 is 5.11 Å². The second kappa shape index (κ2) is 5.69. The third-order valence-corrected chi connectivity index (χ3v) is 2.90. The van der Waals surface area contributed by atoms with E-state index in [1.807, 2.05) is 13.8 Å². The summed E-state index contributed by atoms with van der Waals surface area (Å²) in [7, 11) is 0. The Balaban J connectivity index is 2.81. The van der Waals surface area contributed by atoms with Crippen molar-refractivity contribution in [3.63, 3.8) is 0 Å². The molecular weight excluding hydrogens is 224 g/mol. The highest BCUT2D eigenvalue weighted by Crippen LogP contribution is 2.29. The summed E-state index contributed by atoms with van der Waals surface area (Å²) < 4.78 is 1.80. The highest BCUT2D eigenvalue weighted by molar-refractivity contribution is 6.31. The van der Waals surface area contributed by atoms with Gasteiger partial charge in [0.15, 0.2) is 0 Å². The summed E-state index contributed by atoms with van der Waals surface area (Å²) in [6, 6.07) is 0.219. The fourth-order valence-electron chi connectivity index (χ4n) is 1.70. The Morgan fingerprint density at radius 3 is 2.44 bits per heavy atom. The van der Waals surface area contributed by atoms with Crippen LogP contribution in [0.3, 0.4) is 0 Å². The van der Waals surface area contributed by atoms with E-state index in [-0.39, 0.29) is 6.04 Å². The molecule has 1 aromatic heterocycles. The first kappa shape index (κ1) is 13.5. The molecule has 0 amide bonds. The van der Waals surface area contributed by atoms with Crippen molar-refractivity contribution in [1.82, 2.24) is 9.78 Å². The van der Waals surface area contributed by atoms with Gasteiger partial charge in [0, 0.05) is 6.04 Å². The lowest BCUT2D eigenvalue weighted by atomic mass is 10.0. The van der Waals surface area contributed by atoms with Crippen molar-refractivity contribution in [1.29, 1.82) is 0 Å². The topological polar surface area (TPSA) is 38.1 Å². The molecule has 0 aliphatic rings. The normalized spacial score (nSPS) is 13.8. The number of aliphatic hydroxyl groups is 1. The number of aliphatic hydroxyl groups excluding tert-OH is 1. The molecule has 0 saturated carbocycles. The van der Waals surface area contributed by atoms with Gasteiger partial charge in [-0.1, -0.05) is 25.4 Å². The summed E-state index contributed by atoms with van der Waals surface area (Å²) in [6.45, 7) is 8.35. The van der Waals surface area contributed by atoms with E-state index in [9.17, 15) is 5.11 Å². The smallest absolute Gasteiger partial charge is 0.0972 e. The molecule has 0 aliphatic carbocycles. The highest BCUT2D eigenvalue weighted by Gasteiger charge is 2.19. The minimum Gasteiger partial charge on any atom is -0.387 e. The van der Waals surface area contributed by atoms with Crippen LogP contribution in [0.1, 0.15) is 58.4 Å². The molecule has 1 rings (SSSR count). The summed E-state index contributed by atoms with van der Waals surface area (Å²) >= 11 is 6.06. The number of hydrogen-bond donors (Lipinski definition) is 1. The molecule has 0 radical (unpaired) electrons. The van der Waals surface area contributed by atoms with E-state index < -0.39 is 6.10 Å². The Bertz CT molecular complexity index is 334. The molecule has 0 saturated heterocycles. The third-order valence-electron chi connectivity index (χ3n) is 2.61. The zero-order valence-corrected chi connectivity index (χ0v) is 11.2. The molecular formula is C12H21ClN2O. The van der Waals surface area contributed by atoms with Crippen LogP contribution < -0.4 is 0 Å². The van der Waals surface area contributed by atoms with Crippen LogP contribution in [0.25, 0.3) is 0 Å². The van der Waals surface area contributed by atoms with Crippen LogP contribution in [-0.4, -0.2) is 14.9 Å². The van der Waals surface area contributed by atoms with E-state index in [4.69, 9.17) is 11.6 Å². The maximum Gasteiger partial charge on any atom is 0.0972 e. The fourth-order valence-corrected chi connectivity index (χ4v) is 1.96. The molecule has 0 fully saturated rings. The van der Waals surface area contributed by atoms with Gasteiger partial charge in [-0.3, -0.25) is 4.68 Å². The summed E-state index contributed by atoms with van der Waals surface area (Å²) in [5, 5.41) is 14.9. The molecule has 0 aliphatic heterocycles. The molecule has 3 nitrogen and oxygen atoms in total. The Labute approximate surface area is 102 Å². The summed E-state index contributed by atoms with van der Waals surface area (Å²) in [5.74, 6) is 0.587. The molecule has 16 heavy (non-hydrogen) atoms. The van der Waals surface area contributed by atoms with E-state index in [2.05, 4.69) is 18.9 Å². The van der Waals surface area contributed by atoms with Crippen molar-refractivity contribution in [2.24, 2.45) is 5.92 Å². The average Bonchev–Trinajstić information content (AvgIpc) is 2.56. The molecule has 0 bridgehead atoms. The quantitative estimate of drug-likeness (QED) is 0.860. The molecule has 92 valence electrons. The van der Waals surface area contributed by atoms with Crippen molar-refractivity contribution in [2.75, 3.05) is 0 Å². The van der Waals surface area contributed by atoms with E-state index in [0.29, 0.717) is 10.9 Å². The minimum atomic E-state index is -0.514. The number of aromatic nitrogens is 2. The summed E-state index contributed by atoms with van der Waals surface area (Å²) in [4.78, 5) is 0. The highest BCUT2D eigenvalue weighted by atomic mass is 35.5. The van der Waals surface area contributed by atoms with Crippen LogP contribution in [0, 0.1) is 5.92 Å². The predicted octanol–water partition coefficient (Wildman–Crippen LogP) is 3.59. The monoisotopic (exact) mass is 244 g/mol. The van der Waals surface area contributed by atoms with Gasteiger partial charge >= 0.3 is 0 Å².